The number of carbonyl (C=O) groups is 1. The van der Waals surface area contributed by atoms with E-state index in [9.17, 15) is 4.79 Å². The number of rotatable bonds is 5. The fourth-order valence-electron chi connectivity index (χ4n) is 3.14. The Hall–Kier alpha value is -2.33. The van der Waals surface area contributed by atoms with Crippen molar-refractivity contribution >= 4 is 11.6 Å². The Labute approximate surface area is 137 Å². The molecule has 1 N–H and O–H groups in total. The highest BCUT2D eigenvalue weighted by Gasteiger charge is 2.25. The first-order valence-corrected chi connectivity index (χ1v) is 7.87. The maximum absolute atomic E-state index is 12.3. The van der Waals surface area contributed by atoms with E-state index in [1.165, 1.54) is 11.1 Å². The van der Waals surface area contributed by atoms with Crippen LogP contribution in [0.25, 0.3) is 0 Å². The second-order valence-corrected chi connectivity index (χ2v) is 5.99. The standard InChI is InChI=1S/C19H22N2O2/c1-21(16-11-14-7-3-4-8-15(14)12-16)13-19(22)20-17-9-5-6-10-18(17)23-2/h3-10,16H,11-13H2,1-2H3,(H,20,22). The Morgan fingerprint density at radius 3 is 2.39 bits per heavy atom. The minimum Gasteiger partial charge on any atom is -0.495 e. The number of nitrogens with one attached hydrogen (secondary N) is 1. The van der Waals surface area contributed by atoms with Crippen LogP contribution >= 0.6 is 0 Å². The maximum atomic E-state index is 12.3. The van der Waals surface area contributed by atoms with E-state index in [4.69, 9.17) is 4.74 Å². The minimum absolute atomic E-state index is 0.0204. The first-order chi connectivity index (χ1) is 11.2. The van der Waals surface area contributed by atoms with Gasteiger partial charge in [-0.15, -0.1) is 0 Å². The lowest BCUT2D eigenvalue weighted by Crippen LogP contribution is -2.38. The lowest BCUT2D eigenvalue weighted by atomic mass is 10.1. The van der Waals surface area contributed by atoms with Crippen LogP contribution in [0.3, 0.4) is 0 Å². The van der Waals surface area contributed by atoms with Crippen molar-refractivity contribution in [1.29, 1.82) is 0 Å². The summed E-state index contributed by atoms with van der Waals surface area (Å²) >= 11 is 0. The highest BCUT2D eigenvalue weighted by molar-refractivity contribution is 5.93. The third kappa shape index (κ3) is 3.54. The Balaban J connectivity index is 1.58. The third-order valence-electron chi connectivity index (χ3n) is 4.43. The normalized spacial score (nSPS) is 13.9. The van der Waals surface area contributed by atoms with Crippen LogP contribution in [0.15, 0.2) is 48.5 Å². The van der Waals surface area contributed by atoms with Gasteiger partial charge in [0.1, 0.15) is 5.75 Å². The average molecular weight is 310 g/mol. The number of hydrogen-bond acceptors (Lipinski definition) is 3. The highest BCUT2D eigenvalue weighted by Crippen LogP contribution is 2.25. The molecule has 3 rings (SSSR count). The summed E-state index contributed by atoms with van der Waals surface area (Å²) in [6.45, 7) is 0.372. The van der Waals surface area contributed by atoms with Crippen LogP contribution < -0.4 is 10.1 Å². The van der Waals surface area contributed by atoms with Crippen molar-refractivity contribution in [3.63, 3.8) is 0 Å². The second kappa shape index (κ2) is 6.84. The molecule has 1 amide bonds. The quantitative estimate of drug-likeness (QED) is 0.923. The Bertz CT molecular complexity index is 674. The van der Waals surface area contributed by atoms with Crippen LogP contribution in [0.5, 0.6) is 5.75 Å². The van der Waals surface area contributed by atoms with Crippen LogP contribution in [0.2, 0.25) is 0 Å². The summed E-state index contributed by atoms with van der Waals surface area (Å²) in [7, 11) is 3.62. The molecular formula is C19H22N2O2. The summed E-state index contributed by atoms with van der Waals surface area (Å²) in [5, 5.41) is 2.93. The molecule has 1 aliphatic rings. The monoisotopic (exact) mass is 310 g/mol. The molecule has 1 aliphatic carbocycles. The zero-order valence-corrected chi connectivity index (χ0v) is 13.6. The number of amides is 1. The number of para-hydroxylation sites is 2. The van der Waals surface area contributed by atoms with Crippen molar-refractivity contribution in [3.8, 4) is 5.75 Å². The average Bonchev–Trinajstić information content (AvgIpc) is 2.99. The molecule has 0 radical (unpaired) electrons. The molecule has 4 heteroatoms. The minimum atomic E-state index is -0.0204. The van der Waals surface area contributed by atoms with E-state index in [0.29, 0.717) is 24.0 Å². The SMILES string of the molecule is COc1ccccc1NC(=O)CN(C)C1Cc2ccccc2C1. The third-order valence-corrected chi connectivity index (χ3v) is 4.43. The molecule has 2 aromatic carbocycles. The summed E-state index contributed by atoms with van der Waals surface area (Å²) in [5.74, 6) is 0.657. The van der Waals surface area contributed by atoms with Gasteiger partial charge in [-0.2, -0.15) is 0 Å². The van der Waals surface area contributed by atoms with Gasteiger partial charge in [-0.3, -0.25) is 9.69 Å². The van der Waals surface area contributed by atoms with Gasteiger partial charge in [-0.25, -0.2) is 0 Å². The molecule has 0 spiro atoms. The molecule has 0 aliphatic heterocycles. The zero-order valence-electron chi connectivity index (χ0n) is 13.6. The van der Waals surface area contributed by atoms with Gasteiger partial charge in [0.05, 0.1) is 19.3 Å². The molecule has 23 heavy (non-hydrogen) atoms. The van der Waals surface area contributed by atoms with Crippen LogP contribution in [0.1, 0.15) is 11.1 Å². The van der Waals surface area contributed by atoms with Crippen molar-refractivity contribution in [2.75, 3.05) is 26.0 Å². The number of benzene rings is 2. The summed E-state index contributed by atoms with van der Waals surface area (Å²) in [4.78, 5) is 14.4. The predicted molar refractivity (Wildman–Crippen MR) is 91.9 cm³/mol. The van der Waals surface area contributed by atoms with Crippen LogP contribution in [0, 0.1) is 0 Å². The van der Waals surface area contributed by atoms with Gasteiger partial charge in [0.25, 0.3) is 0 Å². The smallest absolute Gasteiger partial charge is 0.238 e. The predicted octanol–water partition coefficient (Wildman–Crippen LogP) is 2.73. The molecule has 2 aromatic rings. The number of nitrogens with zero attached hydrogens (tertiary/aromatic N) is 1. The molecule has 4 nitrogen and oxygen atoms in total. The number of anilines is 1. The van der Waals surface area contributed by atoms with Gasteiger partial charge in [0.15, 0.2) is 0 Å². The number of fused-ring (bicyclic) bond motifs is 1. The van der Waals surface area contributed by atoms with Gasteiger partial charge >= 0.3 is 0 Å². The summed E-state index contributed by atoms with van der Waals surface area (Å²) in [6, 6.07) is 16.4. The van der Waals surface area contributed by atoms with E-state index in [0.717, 1.165) is 12.8 Å². The van der Waals surface area contributed by atoms with E-state index in [-0.39, 0.29) is 5.91 Å². The van der Waals surface area contributed by atoms with Crippen molar-refractivity contribution in [3.05, 3.63) is 59.7 Å². The number of hydrogen-bond donors (Lipinski definition) is 1. The maximum Gasteiger partial charge on any atom is 0.238 e. The highest BCUT2D eigenvalue weighted by atomic mass is 16.5. The van der Waals surface area contributed by atoms with E-state index in [2.05, 4.69) is 34.5 Å². The number of carbonyl (C=O) groups excluding carboxylic acids is 1. The summed E-state index contributed by atoms with van der Waals surface area (Å²) in [5.41, 5.74) is 3.51. The Kier molecular flexibility index (Phi) is 4.63. The second-order valence-electron chi connectivity index (χ2n) is 5.99. The molecule has 0 bridgehead atoms. The molecule has 0 aromatic heterocycles. The number of methoxy groups -OCH3 is 1. The van der Waals surface area contributed by atoms with Gasteiger partial charge in [0, 0.05) is 6.04 Å². The van der Waals surface area contributed by atoms with Gasteiger partial charge < -0.3 is 10.1 Å². The Morgan fingerprint density at radius 1 is 1.13 bits per heavy atom. The topological polar surface area (TPSA) is 41.6 Å². The van der Waals surface area contributed by atoms with Gasteiger partial charge in [-0.05, 0) is 43.1 Å². The molecule has 0 saturated heterocycles. The zero-order chi connectivity index (χ0) is 16.2. The number of likely N-dealkylation sites (N-methyl/N-ethyl adjacent to an activating group) is 1. The fraction of sp³-hybridized carbons (Fsp3) is 0.316. The lowest BCUT2D eigenvalue weighted by molar-refractivity contribution is -0.117. The number of ether oxygens (including phenoxy) is 1. The molecule has 0 heterocycles. The van der Waals surface area contributed by atoms with E-state index in [1.807, 2.05) is 31.3 Å². The fourth-order valence-corrected chi connectivity index (χ4v) is 3.14. The summed E-state index contributed by atoms with van der Waals surface area (Å²) in [6.07, 6.45) is 2.02. The van der Waals surface area contributed by atoms with E-state index in [1.54, 1.807) is 7.11 Å². The van der Waals surface area contributed by atoms with Gasteiger partial charge in [-0.1, -0.05) is 36.4 Å². The Morgan fingerprint density at radius 2 is 1.74 bits per heavy atom. The molecule has 0 unspecified atom stereocenters. The molecule has 120 valence electrons. The summed E-state index contributed by atoms with van der Waals surface area (Å²) < 4.78 is 5.26. The van der Waals surface area contributed by atoms with E-state index >= 15 is 0 Å². The van der Waals surface area contributed by atoms with Crippen molar-refractivity contribution in [1.82, 2.24) is 4.90 Å². The van der Waals surface area contributed by atoms with E-state index < -0.39 is 0 Å². The van der Waals surface area contributed by atoms with Gasteiger partial charge in [0.2, 0.25) is 5.91 Å². The van der Waals surface area contributed by atoms with Crippen LogP contribution in [0.4, 0.5) is 5.69 Å². The molecule has 0 atom stereocenters. The lowest BCUT2D eigenvalue weighted by Gasteiger charge is -2.23. The first kappa shape index (κ1) is 15.6. The molecular weight excluding hydrogens is 288 g/mol. The largest absolute Gasteiger partial charge is 0.495 e. The van der Waals surface area contributed by atoms with Crippen molar-refractivity contribution in [2.24, 2.45) is 0 Å². The van der Waals surface area contributed by atoms with Crippen LogP contribution in [-0.2, 0) is 17.6 Å². The van der Waals surface area contributed by atoms with Crippen LogP contribution in [-0.4, -0.2) is 37.6 Å². The first-order valence-electron chi connectivity index (χ1n) is 7.87. The molecule has 0 fully saturated rings. The molecule has 0 saturated carbocycles. The van der Waals surface area contributed by atoms with Crippen molar-refractivity contribution < 1.29 is 9.53 Å². The van der Waals surface area contributed by atoms with Crippen molar-refractivity contribution in [2.45, 2.75) is 18.9 Å².